The summed E-state index contributed by atoms with van der Waals surface area (Å²) in [6.45, 7) is 2.49. The first-order valence-electron chi connectivity index (χ1n) is 5.00. The molecule has 1 aromatic heterocycles. The van der Waals surface area contributed by atoms with E-state index in [-0.39, 0.29) is 6.54 Å². The van der Waals surface area contributed by atoms with Crippen molar-refractivity contribution < 1.29 is 9.59 Å². The second kappa shape index (κ2) is 5.86. The standard InChI is InChI=1S/C9H15N5O2/c1-2-6-5-12-14-7(6)13-9(16)8(15)11-4-3-10/h5H,2-4,10H2,1H3,(H,11,15)(H2,12,13,14,16). The summed E-state index contributed by atoms with van der Waals surface area (Å²) < 4.78 is 0. The SMILES string of the molecule is CCc1cn[nH]c1NC(=O)C(=O)NCCN. The van der Waals surface area contributed by atoms with Crippen molar-refractivity contribution in [1.29, 1.82) is 0 Å². The lowest BCUT2D eigenvalue weighted by Gasteiger charge is -2.04. The number of anilines is 1. The van der Waals surface area contributed by atoms with E-state index in [1.807, 2.05) is 6.92 Å². The van der Waals surface area contributed by atoms with Crippen LogP contribution in [-0.2, 0) is 16.0 Å². The summed E-state index contributed by atoms with van der Waals surface area (Å²) in [6.07, 6.45) is 2.32. The second-order valence-corrected chi connectivity index (χ2v) is 3.12. The van der Waals surface area contributed by atoms with E-state index in [2.05, 4.69) is 20.8 Å². The molecule has 0 aromatic carbocycles. The summed E-state index contributed by atoms with van der Waals surface area (Å²) in [6, 6.07) is 0. The van der Waals surface area contributed by atoms with Crippen molar-refractivity contribution >= 4 is 17.6 Å². The number of nitrogens with zero attached hydrogens (tertiary/aromatic N) is 1. The van der Waals surface area contributed by atoms with Crippen LogP contribution in [0.15, 0.2) is 6.20 Å². The molecule has 1 aromatic rings. The van der Waals surface area contributed by atoms with E-state index < -0.39 is 11.8 Å². The van der Waals surface area contributed by atoms with Crippen LogP contribution in [-0.4, -0.2) is 35.1 Å². The van der Waals surface area contributed by atoms with Crippen molar-refractivity contribution in [1.82, 2.24) is 15.5 Å². The van der Waals surface area contributed by atoms with Gasteiger partial charge in [-0.1, -0.05) is 6.92 Å². The van der Waals surface area contributed by atoms with Crippen molar-refractivity contribution in [2.75, 3.05) is 18.4 Å². The van der Waals surface area contributed by atoms with Gasteiger partial charge in [-0.3, -0.25) is 14.7 Å². The number of aryl methyl sites for hydroxylation is 1. The van der Waals surface area contributed by atoms with Crippen LogP contribution in [0.5, 0.6) is 0 Å². The first kappa shape index (κ1) is 12.2. The zero-order valence-corrected chi connectivity index (χ0v) is 9.04. The lowest BCUT2D eigenvalue weighted by molar-refractivity contribution is -0.136. The van der Waals surface area contributed by atoms with E-state index >= 15 is 0 Å². The highest BCUT2D eigenvalue weighted by molar-refractivity contribution is 6.39. The number of nitrogens with two attached hydrogens (primary N) is 1. The smallest absolute Gasteiger partial charge is 0.314 e. The molecule has 0 atom stereocenters. The lowest BCUT2D eigenvalue weighted by atomic mass is 10.2. The predicted molar refractivity (Wildman–Crippen MR) is 58.7 cm³/mol. The third-order valence-electron chi connectivity index (χ3n) is 1.97. The zero-order chi connectivity index (χ0) is 12.0. The Labute approximate surface area is 92.8 Å². The van der Waals surface area contributed by atoms with Gasteiger partial charge in [0.1, 0.15) is 5.82 Å². The maximum Gasteiger partial charge on any atom is 0.314 e. The molecule has 16 heavy (non-hydrogen) atoms. The van der Waals surface area contributed by atoms with Crippen LogP contribution in [0.25, 0.3) is 0 Å². The van der Waals surface area contributed by atoms with Crippen LogP contribution in [0, 0.1) is 0 Å². The molecular formula is C9H15N5O2. The van der Waals surface area contributed by atoms with Gasteiger partial charge >= 0.3 is 11.8 Å². The van der Waals surface area contributed by atoms with Gasteiger partial charge in [0.05, 0.1) is 6.20 Å². The number of hydrogen-bond donors (Lipinski definition) is 4. The normalized spacial score (nSPS) is 9.88. The largest absolute Gasteiger partial charge is 0.347 e. The van der Waals surface area contributed by atoms with Gasteiger partial charge in [0.2, 0.25) is 0 Å². The van der Waals surface area contributed by atoms with E-state index in [4.69, 9.17) is 5.73 Å². The highest BCUT2D eigenvalue weighted by Gasteiger charge is 2.14. The Morgan fingerprint density at radius 3 is 2.88 bits per heavy atom. The molecule has 0 fully saturated rings. The topological polar surface area (TPSA) is 113 Å². The molecule has 1 rings (SSSR count). The van der Waals surface area contributed by atoms with Gasteiger partial charge in [-0.05, 0) is 6.42 Å². The van der Waals surface area contributed by atoms with E-state index in [9.17, 15) is 9.59 Å². The lowest BCUT2D eigenvalue weighted by Crippen LogP contribution is -2.38. The van der Waals surface area contributed by atoms with Gasteiger partial charge < -0.3 is 16.4 Å². The Morgan fingerprint density at radius 2 is 2.25 bits per heavy atom. The van der Waals surface area contributed by atoms with Crippen molar-refractivity contribution in [2.45, 2.75) is 13.3 Å². The van der Waals surface area contributed by atoms with Crippen LogP contribution >= 0.6 is 0 Å². The quantitative estimate of drug-likeness (QED) is 0.491. The number of H-pyrrole nitrogens is 1. The minimum atomic E-state index is -0.729. The molecule has 0 saturated carbocycles. The summed E-state index contributed by atoms with van der Waals surface area (Å²) in [7, 11) is 0. The molecule has 1 heterocycles. The number of carbonyl (C=O) groups is 2. The molecular weight excluding hydrogens is 210 g/mol. The molecule has 2 amide bonds. The summed E-state index contributed by atoms with van der Waals surface area (Å²) in [5.41, 5.74) is 6.04. The van der Waals surface area contributed by atoms with Gasteiger partial charge in [0.25, 0.3) is 0 Å². The Kier molecular flexibility index (Phi) is 4.46. The Bertz CT molecular complexity index is 374. The molecule has 0 spiro atoms. The average Bonchev–Trinajstić information content (AvgIpc) is 2.72. The van der Waals surface area contributed by atoms with Gasteiger partial charge in [0, 0.05) is 18.7 Å². The van der Waals surface area contributed by atoms with Crippen molar-refractivity contribution in [3.8, 4) is 0 Å². The highest BCUT2D eigenvalue weighted by atomic mass is 16.2. The second-order valence-electron chi connectivity index (χ2n) is 3.12. The fraction of sp³-hybridized carbons (Fsp3) is 0.444. The van der Waals surface area contributed by atoms with Crippen LogP contribution < -0.4 is 16.4 Å². The number of hydrogen-bond acceptors (Lipinski definition) is 4. The molecule has 88 valence electrons. The Hall–Kier alpha value is -1.89. The molecule has 0 saturated heterocycles. The zero-order valence-electron chi connectivity index (χ0n) is 9.04. The van der Waals surface area contributed by atoms with Crippen LogP contribution in [0.1, 0.15) is 12.5 Å². The van der Waals surface area contributed by atoms with Gasteiger partial charge in [0.15, 0.2) is 0 Å². The molecule has 0 aliphatic rings. The summed E-state index contributed by atoms with van der Waals surface area (Å²) in [4.78, 5) is 22.6. The maximum atomic E-state index is 11.4. The molecule has 0 unspecified atom stereocenters. The third-order valence-corrected chi connectivity index (χ3v) is 1.97. The number of aromatic nitrogens is 2. The summed E-state index contributed by atoms with van der Waals surface area (Å²) in [5, 5.41) is 11.2. The fourth-order valence-electron chi connectivity index (χ4n) is 1.12. The Balaban J connectivity index is 2.54. The molecule has 0 aliphatic heterocycles. The first-order chi connectivity index (χ1) is 7.69. The number of aromatic amines is 1. The van der Waals surface area contributed by atoms with Crippen molar-refractivity contribution in [2.24, 2.45) is 5.73 Å². The van der Waals surface area contributed by atoms with Crippen LogP contribution in [0.2, 0.25) is 0 Å². The molecule has 7 heteroatoms. The monoisotopic (exact) mass is 225 g/mol. The van der Waals surface area contributed by atoms with E-state index in [0.29, 0.717) is 12.4 Å². The first-order valence-corrected chi connectivity index (χ1v) is 5.00. The molecule has 0 radical (unpaired) electrons. The van der Waals surface area contributed by atoms with E-state index in [0.717, 1.165) is 12.0 Å². The fourth-order valence-corrected chi connectivity index (χ4v) is 1.12. The number of rotatable bonds is 4. The highest BCUT2D eigenvalue weighted by Crippen LogP contribution is 2.10. The van der Waals surface area contributed by atoms with E-state index in [1.54, 1.807) is 6.20 Å². The number of amides is 2. The predicted octanol–water partition coefficient (Wildman–Crippen LogP) is -1.01. The number of carbonyl (C=O) groups excluding carboxylic acids is 2. The third kappa shape index (κ3) is 3.06. The Morgan fingerprint density at radius 1 is 1.50 bits per heavy atom. The molecule has 0 bridgehead atoms. The molecule has 0 aliphatic carbocycles. The minimum Gasteiger partial charge on any atom is -0.347 e. The van der Waals surface area contributed by atoms with Crippen molar-refractivity contribution in [3.05, 3.63) is 11.8 Å². The molecule has 7 nitrogen and oxygen atoms in total. The maximum absolute atomic E-state index is 11.4. The van der Waals surface area contributed by atoms with E-state index in [1.165, 1.54) is 0 Å². The minimum absolute atomic E-state index is 0.274. The number of nitrogens with one attached hydrogen (secondary N) is 3. The summed E-state index contributed by atoms with van der Waals surface area (Å²) >= 11 is 0. The average molecular weight is 225 g/mol. The van der Waals surface area contributed by atoms with Gasteiger partial charge in [-0.25, -0.2) is 0 Å². The van der Waals surface area contributed by atoms with Crippen molar-refractivity contribution in [3.63, 3.8) is 0 Å². The van der Waals surface area contributed by atoms with Gasteiger partial charge in [-0.15, -0.1) is 0 Å². The van der Waals surface area contributed by atoms with Crippen LogP contribution in [0.4, 0.5) is 5.82 Å². The summed E-state index contributed by atoms with van der Waals surface area (Å²) in [5.74, 6) is -0.982. The molecule has 5 N–H and O–H groups in total. The van der Waals surface area contributed by atoms with Gasteiger partial charge in [-0.2, -0.15) is 5.10 Å². The van der Waals surface area contributed by atoms with Crippen LogP contribution in [0.3, 0.4) is 0 Å².